The standard InChI is InChI=1S/C8H18O4Si/c1-5-12-7-6-8-13(9-2,10-3)11-4/h6,8H,5,7H2,1-4H3. The van der Waals surface area contributed by atoms with Gasteiger partial charge in [0.05, 0.1) is 6.61 Å². The highest BCUT2D eigenvalue weighted by atomic mass is 28.4. The van der Waals surface area contributed by atoms with Crippen LogP contribution in [-0.4, -0.2) is 43.3 Å². The molecule has 0 unspecified atom stereocenters. The van der Waals surface area contributed by atoms with E-state index >= 15 is 0 Å². The van der Waals surface area contributed by atoms with Crippen molar-refractivity contribution in [3.05, 3.63) is 11.8 Å². The SMILES string of the molecule is CCOCC=C[Si](OC)(OC)OC. The first kappa shape index (κ1) is 12.8. The molecule has 5 heteroatoms. The Hall–Kier alpha value is -0.203. The van der Waals surface area contributed by atoms with Crippen LogP contribution in [0.15, 0.2) is 11.8 Å². The zero-order chi connectivity index (χ0) is 10.2. The second kappa shape index (κ2) is 7.22. The highest BCUT2D eigenvalue weighted by molar-refractivity contribution is 6.66. The maximum atomic E-state index is 5.17. The van der Waals surface area contributed by atoms with Crippen molar-refractivity contribution < 1.29 is 18.0 Å². The summed E-state index contributed by atoms with van der Waals surface area (Å²) in [5.41, 5.74) is 1.81. The van der Waals surface area contributed by atoms with Crippen LogP contribution in [-0.2, 0) is 18.0 Å². The maximum absolute atomic E-state index is 5.17. The van der Waals surface area contributed by atoms with E-state index in [-0.39, 0.29) is 0 Å². The summed E-state index contributed by atoms with van der Waals surface area (Å²) in [5, 5.41) is 0. The van der Waals surface area contributed by atoms with Crippen LogP contribution in [0.1, 0.15) is 6.92 Å². The van der Waals surface area contributed by atoms with Crippen LogP contribution in [0.25, 0.3) is 0 Å². The van der Waals surface area contributed by atoms with E-state index in [4.69, 9.17) is 18.0 Å². The smallest absolute Gasteiger partial charge is 0.378 e. The monoisotopic (exact) mass is 206 g/mol. The summed E-state index contributed by atoms with van der Waals surface area (Å²) in [5.74, 6) is 0. The molecule has 0 radical (unpaired) electrons. The van der Waals surface area contributed by atoms with Crippen LogP contribution in [0, 0.1) is 0 Å². The van der Waals surface area contributed by atoms with Crippen LogP contribution in [0.2, 0.25) is 0 Å². The first-order chi connectivity index (χ1) is 6.24. The summed E-state index contributed by atoms with van der Waals surface area (Å²) in [7, 11) is 2.19. The Morgan fingerprint density at radius 2 is 1.62 bits per heavy atom. The number of ether oxygens (including phenoxy) is 1. The molecular formula is C8H18O4Si. The van der Waals surface area contributed by atoms with Crippen molar-refractivity contribution in [3.8, 4) is 0 Å². The fraction of sp³-hybridized carbons (Fsp3) is 0.750. The molecule has 0 aliphatic heterocycles. The molecule has 0 aromatic carbocycles. The van der Waals surface area contributed by atoms with Crippen molar-refractivity contribution in [2.24, 2.45) is 0 Å². The minimum Gasteiger partial charge on any atom is -0.378 e. The molecule has 0 heterocycles. The summed E-state index contributed by atoms with van der Waals surface area (Å²) in [4.78, 5) is 0. The summed E-state index contributed by atoms with van der Waals surface area (Å²) < 4.78 is 20.6. The Morgan fingerprint density at radius 1 is 1.08 bits per heavy atom. The van der Waals surface area contributed by atoms with Crippen molar-refractivity contribution >= 4 is 8.80 Å². The van der Waals surface area contributed by atoms with Gasteiger partial charge in [0.25, 0.3) is 0 Å². The van der Waals surface area contributed by atoms with Crippen LogP contribution in [0.3, 0.4) is 0 Å². The maximum Gasteiger partial charge on any atom is 0.528 e. The molecule has 0 amide bonds. The van der Waals surface area contributed by atoms with Gasteiger partial charge in [-0.3, -0.25) is 0 Å². The molecule has 0 aliphatic rings. The predicted octanol–water partition coefficient (Wildman–Crippen LogP) is 0.996. The molecule has 0 saturated heterocycles. The Balaban J connectivity index is 4.00. The summed E-state index contributed by atoms with van der Waals surface area (Å²) in [6, 6.07) is 0. The Morgan fingerprint density at radius 3 is 2.00 bits per heavy atom. The zero-order valence-electron chi connectivity index (χ0n) is 8.70. The van der Waals surface area contributed by atoms with Crippen molar-refractivity contribution in [1.82, 2.24) is 0 Å². The molecule has 0 N–H and O–H groups in total. The molecule has 0 spiro atoms. The van der Waals surface area contributed by atoms with E-state index in [1.54, 1.807) is 21.3 Å². The minimum absolute atomic E-state index is 0.557. The molecule has 78 valence electrons. The summed E-state index contributed by atoms with van der Waals surface area (Å²) in [6.07, 6.45) is 1.85. The first-order valence-corrected chi connectivity index (χ1v) is 5.95. The molecule has 0 rings (SSSR count). The lowest BCUT2D eigenvalue weighted by atomic mass is 10.7. The quantitative estimate of drug-likeness (QED) is 0.460. The van der Waals surface area contributed by atoms with Crippen LogP contribution < -0.4 is 0 Å². The van der Waals surface area contributed by atoms with E-state index in [1.165, 1.54) is 0 Å². The normalized spacial score (nSPS) is 12.6. The van der Waals surface area contributed by atoms with Gasteiger partial charge < -0.3 is 18.0 Å². The average molecular weight is 206 g/mol. The van der Waals surface area contributed by atoms with Crippen molar-refractivity contribution in [3.63, 3.8) is 0 Å². The molecule has 0 atom stereocenters. The third kappa shape index (κ3) is 4.54. The molecule has 0 fully saturated rings. The third-order valence-electron chi connectivity index (χ3n) is 1.59. The van der Waals surface area contributed by atoms with Gasteiger partial charge >= 0.3 is 8.80 Å². The van der Waals surface area contributed by atoms with E-state index in [0.29, 0.717) is 13.2 Å². The van der Waals surface area contributed by atoms with Crippen molar-refractivity contribution in [1.29, 1.82) is 0 Å². The lowest BCUT2D eigenvalue weighted by Gasteiger charge is -2.20. The van der Waals surface area contributed by atoms with Crippen molar-refractivity contribution in [2.45, 2.75) is 6.92 Å². The van der Waals surface area contributed by atoms with E-state index in [0.717, 1.165) is 0 Å². The van der Waals surface area contributed by atoms with E-state index < -0.39 is 8.80 Å². The van der Waals surface area contributed by atoms with E-state index in [9.17, 15) is 0 Å². The van der Waals surface area contributed by atoms with Crippen LogP contribution >= 0.6 is 0 Å². The number of hydrogen-bond acceptors (Lipinski definition) is 4. The van der Waals surface area contributed by atoms with Gasteiger partial charge in [-0.05, 0) is 12.6 Å². The molecule has 4 nitrogen and oxygen atoms in total. The molecule has 0 aromatic rings. The van der Waals surface area contributed by atoms with Gasteiger partial charge in [0.15, 0.2) is 0 Å². The fourth-order valence-electron chi connectivity index (χ4n) is 0.832. The summed E-state index contributed by atoms with van der Waals surface area (Å²) in [6.45, 7) is 3.20. The van der Waals surface area contributed by atoms with Gasteiger partial charge in [-0.15, -0.1) is 0 Å². The zero-order valence-corrected chi connectivity index (χ0v) is 9.70. The number of hydrogen-bond donors (Lipinski definition) is 0. The largest absolute Gasteiger partial charge is 0.528 e. The molecule has 13 heavy (non-hydrogen) atoms. The molecular weight excluding hydrogens is 188 g/mol. The summed E-state index contributed by atoms with van der Waals surface area (Å²) >= 11 is 0. The predicted molar refractivity (Wildman–Crippen MR) is 52.4 cm³/mol. The fourth-order valence-corrected chi connectivity index (χ4v) is 2.13. The van der Waals surface area contributed by atoms with Gasteiger partial charge in [0.2, 0.25) is 0 Å². The second-order valence-corrected chi connectivity index (χ2v) is 5.04. The van der Waals surface area contributed by atoms with Gasteiger partial charge in [0.1, 0.15) is 0 Å². The molecule has 0 bridgehead atoms. The highest BCUT2D eigenvalue weighted by Gasteiger charge is 2.34. The molecule has 0 aromatic heterocycles. The third-order valence-corrected chi connectivity index (χ3v) is 3.94. The lowest BCUT2D eigenvalue weighted by Crippen LogP contribution is -2.41. The van der Waals surface area contributed by atoms with Gasteiger partial charge in [-0.25, -0.2) is 0 Å². The van der Waals surface area contributed by atoms with Crippen LogP contribution in [0.4, 0.5) is 0 Å². The Bertz CT molecular complexity index is 137. The first-order valence-electron chi connectivity index (χ1n) is 4.15. The van der Waals surface area contributed by atoms with E-state index in [1.807, 2.05) is 18.7 Å². The second-order valence-electron chi connectivity index (χ2n) is 2.28. The van der Waals surface area contributed by atoms with Gasteiger partial charge in [-0.1, -0.05) is 6.08 Å². The van der Waals surface area contributed by atoms with Crippen molar-refractivity contribution in [2.75, 3.05) is 34.5 Å². The Kier molecular flexibility index (Phi) is 7.11. The Labute approximate surface area is 80.8 Å². The average Bonchev–Trinajstić information content (AvgIpc) is 2.20. The number of rotatable bonds is 7. The lowest BCUT2D eigenvalue weighted by molar-refractivity contribution is 0.137. The topological polar surface area (TPSA) is 36.9 Å². The van der Waals surface area contributed by atoms with Gasteiger partial charge in [-0.2, -0.15) is 0 Å². The van der Waals surface area contributed by atoms with Gasteiger partial charge in [0, 0.05) is 27.9 Å². The highest BCUT2D eigenvalue weighted by Crippen LogP contribution is 2.06. The van der Waals surface area contributed by atoms with Crippen LogP contribution in [0.5, 0.6) is 0 Å². The minimum atomic E-state index is -2.53. The molecule has 0 aliphatic carbocycles. The van der Waals surface area contributed by atoms with E-state index in [2.05, 4.69) is 0 Å². The molecule has 0 saturated carbocycles.